The summed E-state index contributed by atoms with van der Waals surface area (Å²) in [7, 11) is 0. The zero-order chi connectivity index (χ0) is 23.7. The molecule has 0 radical (unpaired) electrons. The fourth-order valence-corrected chi connectivity index (χ4v) is 3.92. The summed E-state index contributed by atoms with van der Waals surface area (Å²) in [6.07, 6.45) is 5.17. The highest BCUT2D eigenvalue weighted by atomic mass is 35.5. The van der Waals surface area contributed by atoms with E-state index >= 15 is 0 Å². The highest BCUT2D eigenvalue weighted by Crippen LogP contribution is 2.27. The maximum Gasteiger partial charge on any atom is 0.257 e. The zero-order valence-electron chi connectivity index (χ0n) is 18.2. The van der Waals surface area contributed by atoms with Crippen LogP contribution in [0.1, 0.15) is 22.8 Å². The van der Waals surface area contributed by atoms with Crippen LogP contribution in [0.4, 0.5) is 10.2 Å². The Balaban J connectivity index is 1.47. The first-order valence-corrected chi connectivity index (χ1v) is 11.1. The average molecular weight is 475 g/mol. The largest absolute Gasteiger partial charge is 0.304 e. The van der Waals surface area contributed by atoms with E-state index in [0.29, 0.717) is 27.7 Å². The topological polar surface area (TPSA) is 77.6 Å². The molecule has 2 aromatic carbocycles. The lowest BCUT2D eigenvalue weighted by Crippen LogP contribution is -2.14. The number of benzene rings is 2. The molecule has 9 heteroatoms. The Hall–Kier alpha value is -4.04. The van der Waals surface area contributed by atoms with Gasteiger partial charge in [-0.2, -0.15) is 10.2 Å². The molecular weight excluding hydrogens is 455 g/mol. The number of nitrogens with zero attached hydrogens (tertiary/aromatic N) is 5. The summed E-state index contributed by atoms with van der Waals surface area (Å²) in [5.74, 6) is -0.507. The highest BCUT2D eigenvalue weighted by molar-refractivity contribution is 6.33. The number of carbonyl (C=O) groups is 1. The number of amides is 1. The van der Waals surface area contributed by atoms with Crippen molar-refractivity contribution in [1.29, 1.82) is 0 Å². The number of nitrogens with one attached hydrogen (secondary N) is 1. The van der Waals surface area contributed by atoms with Crippen molar-refractivity contribution in [1.82, 2.24) is 24.5 Å². The maximum atomic E-state index is 14.0. The third kappa shape index (κ3) is 4.27. The first-order valence-electron chi connectivity index (χ1n) is 10.7. The quantitative estimate of drug-likeness (QED) is 0.357. The number of aryl methyl sites for hydroxylation is 1. The summed E-state index contributed by atoms with van der Waals surface area (Å²) in [4.78, 5) is 18.0. The fourth-order valence-electron chi connectivity index (χ4n) is 3.72. The molecule has 34 heavy (non-hydrogen) atoms. The first kappa shape index (κ1) is 21.8. The fraction of sp³-hybridized carbons (Fsp3) is 0.120. The van der Waals surface area contributed by atoms with E-state index in [1.807, 2.05) is 37.4 Å². The van der Waals surface area contributed by atoms with Crippen molar-refractivity contribution < 1.29 is 9.18 Å². The molecule has 0 saturated carbocycles. The minimum Gasteiger partial charge on any atom is -0.304 e. The number of hydrogen-bond acceptors (Lipinski definition) is 4. The van der Waals surface area contributed by atoms with Crippen molar-refractivity contribution in [3.05, 3.63) is 95.2 Å². The third-order valence-corrected chi connectivity index (χ3v) is 5.73. The van der Waals surface area contributed by atoms with Crippen molar-refractivity contribution in [2.75, 3.05) is 5.32 Å². The molecule has 0 spiro atoms. The molecule has 0 aliphatic heterocycles. The Bertz CT molecular complexity index is 1510. The zero-order valence-corrected chi connectivity index (χ0v) is 19.0. The number of carbonyl (C=O) groups excluding carboxylic acids is 1. The minimum atomic E-state index is -0.374. The van der Waals surface area contributed by atoms with Crippen LogP contribution in [0.5, 0.6) is 0 Å². The monoisotopic (exact) mass is 474 g/mol. The summed E-state index contributed by atoms with van der Waals surface area (Å²) in [6.45, 7) is 2.92. The van der Waals surface area contributed by atoms with E-state index in [0.717, 1.165) is 12.1 Å². The van der Waals surface area contributed by atoms with E-state index in [9.17, 15) is 9.18 Å². The molecule has 3 aromatic heterocycles. The van der Waals surface area contributed by atoms with Crippen molar-refractivity contribution in [3.8, 4) is 11.3 Å². The summed E-state index contributed by atoms with van der Waals surface area (Å²) >= 11 is 6.33. The van der Waals surface area contributed by atoms with Gasteiger partial charge in [0, 0.05) is 35.5 Å². The van der Waals surface area contributed by atoms with Crippen LogP contribution >= 0.6 is 11.6 Å². The summed E-state index contributed by atoms with van der Waals surface area (Å²) in [6, 6.07) is 15.6. The van der Waals surface area contributed by atoms with Gasteiger partial charge in [0.2, 0.25) is 0 Å². The molecule has 7 nitrogen and oxygen atoms in total. The third-order valence-electron chi connectivity index (χ3n) is 5.45. The van der Waals surface area contributed by atoms with Crippen LogP contribution in [-0.2, 0) is 13.1 Å². The predicted molar refractivity (Wildman–Crippen MR) is 129 cm³/mol. The van der Waals surface area contributed by atoms with Gasteiger partial charge in [0.05, 0.1) is 29.5 Å². The minimum absolute atomic E-state index is 0.187. The van der Waals surface area contributed by atoms with Crippen LogP contribution in [0, 0.1) is 5.82 Å². The van der Waals surface area contributed by atoms with Gasteiger partial charge in [-0.3, -0.25) is 14.2 Å². The van der Waals surface area contributed by atoms with Gasteiger partial charge in [-0.05, 0) is 25.1 Å². The van der Waals surface area contributed by atoms with E-state index in [-0.39, 0.29) is 29.1 Å². The second-order valence-corrected chi connectivity index (χ2v) is 8.13. The lowest BCUT2D eigenvalue weighted by atomic mass is 10.0. The van der Waals surface area contributed by atoms with Gasteiger partial charge in [-0.1, -0.05) is 48.0 Å². The molecule has 0 aliphatic rings. The first-order chi connectivity index (χ1) is 16.5. The van der Waals surface area contributed by atoms with E-state index in [1.54, 1.807) is 41.3 Å². The molecule has 5 rings (SSSR count). The second kappa shape index (κ2) is 9.07. The predicted octanol–water partition coefficient (Wildman–Crippen LogP) is 5.41. The number of halogens is 2. The number of aromatic nitrogens is 5. The number of fused-ring (bicyclic) bond motifs is 1. The lowest BCUT2D eigenvalue weighted by Gasteiger charge is -2.09. The van der Waals surface area contributed by atoms with Gasteiger partial charge < -0.3 is 5.32 Å². The Morgan fingerprint density at radius 3 is 2.68 bits per heavy atom. The summed E-state index contributed by atoms with van der Waals surface area (Å²) < 4.78 is 17.3. The van der Waals surface area contributed by atoms with Crippen molar-refractivity contribution in [3.63, 3.8) is 0 Å². The number of anilines is 1. The van der Waals surface area contributed by atoms with E-state index in [4.69, 9.17) is 16.6 Å². The van der Waals surface area contributed by atoms with Crippen molar-refractivity contribution in [2.24, 2.45) is 0 Å². The summed E-state index contributed by atoms with van der Waals surface area (Å²) in [5, 5.41) is 12.4. The smallest absolute Gasteiger partial charge is 0.257 e. The second-order valence-electron chi connectivity index (χ2n) is 7.73. The number of pyridine rings is 1. The van der Waals surface area contributed by atoms with Crippen LogP contribution in [0.25, 0.3) is 22.2 Å². The van der Waals surface area contributed by atoms with Gasteiger partial charge in [-0.25, -0.2) is 9.37 Å². The molecule has 0 aliphatic carbocycles. The van der Waals surface area contributed by atoms with Crippen molar-refractivity contribution in [2.45, 2.75) is 20.0 Å². The average Bonchev–Trinajstić information content (AvgIpc) is 3.46. The molecule has 3 heterocycles. The Morgan fingerprint density at radius 1 is 1.09 bits per heavy atom. The molecule has 1 N–H and O–H groups in total. The van der Waals surface area contributed by atoms with E-state index in [1.165, 1.54) is 10.7 Å². The van der Waals surface area contributed by atoms with Gasteiger partial charge in [0.1, 0.15) is 10.8 Å². The molecule has 0 bridgehead atoms. The molecule has 0 unspecified atom stereocenters. The van der Waals surface area contributed by atoms with Crippen LogP contribution in [0.2, 0.25) is 5.02 Å². The Labute approximate surface area is 199 Å². The Kier molecular flexibility index (Phi) is 5.81. The Morgan fingerprint density at radius 2 is 1.88 bits per heavy atom. The molecule has 0 fully saturated rings. The van der Waals surface area contributed by atoms with Gasteiger partial charge in [0.25, 0.3) is 5.91 Å². The highest BCUT2D eigenvalue weighted by Gasteiger charge is 2.18. The van der Waals surface area contributed by atoms with Crippen LogP contribution in [0.15, 0.2) is 73.2 Å². The SMILES string of the molecule is CCn1cc(-c2cc(C(=O)Nc3nn(Cc4ccccc4F)cc3Cl)c3ccccc3n2)cn1. The standard InChI is InChI=1S/C25H20ClFN6O/c1-2-32-14-17(12-28-32)23-11-19(18-8-4-6-10-22(18)29-23)25(34)30-24-20(26)15-33(31-24)13-16-7-3-5-9-21(16)27/h3-12,14-15H,2,13H2,1H3,(H,30,31,34). The lowest BCUT2D eigenvalue weighted by molar-refractivity contribution is 0.102. The molecule has 170 valence electrons. The maximum absolute atomic E-state index is 14.0. The van der Waals surface area contributed by atoms with E-state index < -0.39 is 0 Å². The van der Waals surface area contributed by atoms with E-state index in [2.05, 4.69) is 15.5 Å². The molecular formula is C25H20ClFN6O. The van der Waals surface area contributed by atoms with Crippen molar-refractivity contribution >= 4 is 34.2 Å². The molecule has 5 aromatic rings. The van der Waals surface area contributed by atoms with Crippen LogP contribution < -0.4 is 5.32 Å². The number of para-hydroxylation sites is 1. The molecule has 0 saturated heterocycles. The van der Waals surface area contributed by atoms with Gasteiger partial charge >= 0.3 is 0 Å². The van der Waals surface area contributed by atoms with Crippen LogP contribution in [-0.4, -0.2) is 30.5 Å². The molecule has 0 atom stereocenters. The van der Waals surface area contributed by atoms with Gasteiger partial charge in [0.15, 0.2) is 5.82 Å². The summed E-state index contributed by atoms with van der Waals surface area (Å²) in [5.41, 5.74) is 3.04. The number of rotatable bonds is 6. The number of hydrogen-bond donors (Lipinski definition) is 1. The van der Waals surface area contributed by atoms with Crippen LogP contribution in [0.3, 0.4) is 0 Å². The molecule has 1 amide bonds. The normalized spacial score (nSPS) is 11.1. The van der Waals surface area contributed by atoms with Gasteiger partial charge in [-0.15, -0.1) is 0 Å².